The van der Waals surface area contributed by atoms with Crippen molar-refractivity contribution in [3.8, 4) is 0 Å². The Hall–Kier alpha value is -0.220. The van der Waals surface area contributed by atoms with Crippen LogP contribution in [0.4, 0.5) is 0 Å². The predicted molar refractivity (Wildman–Crippen MR) is 48.5 cm³/mol. The minimum atomic E-state index is -0.686. The first-order chi connectivity index (χ1) is 5.74. The molecule has 1 N–H and O–H groups in total. The molecule has 0 bridgehead atoms. The summed E-state index contributed by atoms with van der Waals surface area (Å²) < 4.78 is 4.98. The average molecular weight is 190 g/mol. The molecule has 0 aromatic heterocycles. The number of carboxylic acid groups (broad SMARTS) is 1. The van der Waals surface area contributed by atoms with Gasteiger partial charge in [0.15, 0.2) is 0 Å². The monoisotopic (exact) mass is 190 g/mol. The van der Waals surface area contributed by atoms with E-state index in [1.165, 1.54) is 11.8 Å². The topological polar surface area (TPSA) is 46.5 Å². The van der Waals surface area contributed by atoms with E-state index in [0.717, 1.165) is 26.1 Å². The van der Waals surface area contributed by atoms with E-state index in [4.69, 9.17) is 9.84 Å². The lowest BCUT2D eigenvalue weighted by Crippen LogP contribution is -2.34. The molecule has 12 heavy (non-hydrogen) atoms. The molecule has 1 rings (SSSR count). The minimum Gasteiger partial charge on any atom is -0.480 e. The fourth-order valence-corrected chi connectivity index (χ4v) is 2.34. The smallest absolute Gasteiger partial charge is 0.316 e. The van der Waals surface area contributed by atoms with Gasteiger partial charge in [-0.15, -0.1) is 11.8 Å². The van der Waals surface area contributed by atoms with Crippen LogP contribution in [-0.2, 0) is 9.53 Å². The van der Waals surface area contributed by atoms with Crippen molar-refractivity contribution in [3.05, 3.63) is 0 Å². The summed E-state index contributed by atoms with van der Waals surface area (Å²) in [6.07, 6.45) is 1.69. The van der Waals surface area contributed by atoms with Crippen molar-refractivity contribution < 1.29 is 14.6 Å². The summed E-state index contributed by atoms with van der Waals surface area (Å²) in [5.74, 6) is -0.686. The molecule has 1 heterocycles. The van der Waals surface area contributed by atoms with Gasteiger partial charge in [-0.1, -0.05) is 13.3 Å². The van der Waals surface area contributed by atoms with Gasteiger partial charge in [0.1, 0.15) is 5.25 Å². The highest BCUT2D eigenvalue weighted by atomic mass is 32.2. The van der Waals surface area contributed by atoms with Crippen molar-refractivity contribution in [2.75, 3.05) is 13.2 Å². The second-order valence-corrected chi connectivity index (χ2v) is 4.42. The molecule has 0 spiro atoms. The van der Waals surface area contributed by atoms with Gasteiger partial charge in [-0.2, -0.15) is 0 Å². The maximum atomic E-state index is 10.7. The highest BCUT2D eigenvalue weighted by Crippen LogP contribution is 2.26. The predicted octanol–water partition coefficient (Wildman–Crippen LogP) is 1.37. The normalized spacial score (nSPS) is 20.1. The molecule has 1 unspecified atom stereocenters. The quantitative estimate of drug-likeness (QED) is 0.711. The van der Waals surface area contributed by atoms with Gasteiger partial charge in [0.2, 0.25) is 0 Å². The van der Waals surface area contributed by atoms with Gasteiger partial charge in [0, 0.05) is 0 Å². The fraction of sp³-hybridized carbons (Fsp3) is 0.875. The molecule has 1 saturated heterocycles. The Morgan fingerprint density at radius 2 is 2.42 bits per heavy atom. The number of ether oxygens (including phenoxy) is 1. The number of carbonyl (C=O) groups is 1. The molecule has 0 aliphatic carbocycles. The van der Waals surface area contributed by atoms with Crippen molar-refractivity contribution in [3.63, 3.8) is 0 Å². The number of aliphatic carboxylic acids is 1. The molecule has 0 aromatic carbocycles. The van der Waals surface area contributed by atoms with Crippen LogP contribution in [0.5, 0.6) is 0 Å². The van der Waals surface area contributed by atoms with E-state index >= 15 is 0 Å². The molecule has 3 nitrogen and oxygen atoms in total. The Morgan fingerprint density at radius 3 is 2.75 bits per heavy atom. The summed E-state index contributed by atoms with van der Waals surface area (Å²) in [6.45, 7) is 3.45. The van der Waals surface area contributed by atoms with Gasteiger partial charge < -0.3 is 9.84 Å². The molecule has 1 aliphatic rings. The molecular formula is C8H14O3S. The Balaban J connectivity index is 2.26. The molecule has 70 valence electrons. The molecule has 0 saturated carbocycles. The SMILES string of the molecule is CCCC(SC1COC1)C(=O)O. The standard InChI is InChI=1S/C8H14O3S/c1-2-3-7(8(9)10)12-6-4-11-5-6/h6-7H,2-5H2,1H3,(H,9,10). The number of thioether (sulfide) groups is 1. The second kappa shape index (κ2) is 4.72. The van der Waals surface area contributed by atoms with Crippen molar-refractivity contribution in [2.45, 2.75) is 30.3 Å². The summed E-state index contributed by atoms with van der Waals surface area (Å²) in [4.78, 5) is 10.7. The zero-order valence-electron chi connectivity index (χ0n) is 7.16. The van der Waals surface area contributed by atoms with E-state index in [9.17, 15) is 4.79 Å². The van der Waals surface area contributed by atoms with Crippen molar-refractivity contribution >= 4 is 17.7 Å². The van der Waals surface area contributed by atoms with Crippen LogP contribution in [0, 0.1) is 0 Å². The fourth-order valence-electron chi connectivity index (χ4n) is 1.04. The zero-order valence-corrected chi connectivity index (χ0v) is 7.97. The summed E-state index contributed by atoms with van der Waals surface area (Å²) in [5, 5.41) is 8.99. The minimum absolute atomic E-state index is 0.233. The van der Waals surface area contributed by atoms with E-state index in [0.29, 0.717) is 5.25 Å². The van der Waals surface area contributed by atoms with Crippen molar-refractivity contribution in [1.29, 1.82) is 0 Å². The number of hydrogen-bond acceptors (Lipinski definition) is 3. The van der Waals surface area contributed by atoms with Crippen LogP contribution in [0.25, 0.3) is 0 Å². The summed E-state index contributed by atoms with van der Waals surface area (Å²) >= 11 is 1.54. The van der Waals surface area contributed by atoms with Gasteiger partial charge in [-0.05, 0) is 6.42 Å². The first-order valence-electron chi connectivity index (χ1n) is 4.20. The van der Waals surface area contributed by atoms with E-state index in [2.05, 4.69) is 0 Å². The first-order valence-corrected chi connectivity index (χ1v) is 5.14. The molecule has 1 atom stereocenters. The Bertz CT molecular complexity index is 156. The number of hydrogen-bond donors (Lipinski definition) is 1. The average Bonchev–Trinajstić information content (AvgIpc) is 1.93. The van der Waals surface area contributed by atoms with E-state index < -0.39 is 5.97 Å². The van der Waals surface area contributed by atoms with E-state index in [-0.39, 0.29) is 5.25 Å². The van der Waals surface area contributed by atoms with Gasteiger partial charge in [-0.25, -0.2) is 0 Å². The highest BCUT2D eigenvalue weighted by molar-refractivity contribution is 8.01. The van der Waals surface area contributed by atoms with Gasteiger partial charge in [0.05, 0.1) is 18.5 Å². The third kappa shape index (κ3) is 2.68. The molecular weight excluding hydrogens is 176 g/mol. The van der Waals surface area contributed by atoms with Gasteiger partial charge in [0.25, 0.3) is 0 Å². The van der Waals surface area contributed by atoms with Crippen LogP contribution in [-0.4, -0.2) is 34.8 Å². The molecule has 0 amide bonds. The van der Waals surface area contributed by atoms with Crippen LogP contribution >= 0.6 is 11.8 Å². The third-order valence-electron chi connectivity index (χ3n) is 1.79. The van der Waals surface area contributed by atoms with Crippen molar-refractivity contribution in [1.82, 2.24) is 0 Å². The van der Waals surface area contributed by atoms with Gasteiger partial charge >= 0.3 is 5.97 Å². The summed E-state index contributed by atoms with van der Waals surface area (Å²) in [6, 6.07) is 0. The Kier molecular flexibility index (Phi) is 3.88. The highest BCUT2D eigenvalue weighted by Gasteiger charge is 2.26. The first kappa shape index (κ1) is 9.86. The lowest BCUT2D eigenvalue weighted by molar-refractivity contribution is -0.136. The summed E-state index contributed by atoms with van der Waals surface area (Å²) in [7, 11) is 0. The molecule has 0 aromatic rings. The number of carboxylic acids is 1. The van der Waals surface area contributed by atoms with Gasteiger partial charge in [-0.3, -0.25) is 4.79 Å². The van der Waals surface area contributed by atoms with E-state index in [1.54, 1.807) is 0 Å². The molecule has 1 fully saturated rings. The van der Waals surface area contributed by atoms with Crippen LogP contribution in [0.3, 0.4) is 0 Å². The van der Waals surface area contributed by atoms with Crippen LogP contribution in [0.2, 0.25) is 0 Å². The van der Waals surface area contributed by atoms with E-state index in [1.807, 2.05) is 6.92 Å². The third-order valence-corrected chi connectivity index (χ3v) is 3.21. The Labute approximate surface area is 76.5 Å². The molecule has 4 heteroatoms. The van der Waals surface area contributed by atoms with Crippen LogP contribution < -0.4 is 0 Å². The molecule has 0 radical (unpaired) electrons. The largest absolute Gasteiger partial charge is 0.480 e. The van der Waals surface area contributed by atoms with Crippen LogP contribution in [0.1, 0.15) is 19.8 Å². The lowest BCUT2D eigenvalue weighted by atomic mass is 10.2. The maximum absolute atomic E-state index is 10.7. The number of rotatable bonds is 5. The summed E-state index contributed by atoms with van der Waals surface area (Å²) in [5.41, 5.74) is 0. The van der Waals surface area contributed by atoms with Crippen LogP contribution in [0.15, 0.2) is 0 Å². The molecule has 1 aliphatic heterocycles. The van der Waals surface area contributed by atoms with Crippen molar-refractivity contribution in [2.24, 2.45) is 0 Å². The maximum Gasteiger partial charge on any atom is 0.316 e. The lowest BCUT2D eigenvalue weighted by Gasteiger charge is -2.27. The zero-order chi connectivity index (χ0) is 8.97. The second-order valence-electron chi connectivity index (χ2n) is 2.91. The Morgan fingerprint density at radius 1 is 1.75 bits per heavy atom.